The van der Waals surface area contributed by atoms with Crippen LogP contribution in [0.15, 0.2) is 24.3 Å². The molecule has 0 unspecified atom stereocenters. The van der Waals surface area contributed by atoms with Crippen LogP contribution in [-0.4, -0.2) is 29.6 Å². The van der Waals surface area contributed by atoms with Crippen LogP contribution in [0.1, 0.15) is 45.1 Å². The summed E-state index contributed by atoms with van der Waals surface area (Å²) >= 11 is 0. The molecule has 0 spiro atoms. The van der Waals surface area contributed by atoms with E-state index in [0.717, 1.165) is 24.2 Å². The highest BCUT2D eigenvalue weighted by Gasteiger charge is 2.09. The quantitative estimate of drug-likeness (QED) is 0.652. The number of benzene rings is 1. The lowest BCUT2D eigenvalue weighted by atomic mass is 10.1. The van der Waals surface area contributed by atoms with Gasteiger partial charge in [0.05, 0.1) is 12.5 Å². The second-order valence-corrected chi connectivity index (χ2v) is 5.51. The lowest BCUT2D eigenvalue weighted by Crippen LogP contribution is -2.26. The Bertz CT molecular complexity index is 485. The SMILES string of the molecule is CC(C)Oc1ccccc1CC(=O)NCCCCCC(=O)O. The Balaban J connectivity index is 2.31. The highest BCUT2D eigenvalue weighted by Crippen LogP contribution is 2.19. The van der Waals surface area contributed by atoms with Crippen molar-refractivity contribution in [3.63, 3.8) is 0 Å². The van der Waals surface area contributed by atoms with Crippen molar-refractivity contribution in [2.75, 3.05) is 6.54 Å². The van der Waals surface area contributed by atoms with Crippen molar-refractivity contribution in [1.82, 2.24) is 5.32 Å². The maximum Gasteiger partial charge on any atom is 0.303 e. The monoisotopic (exact) mass is 307 g/mol. The Hall–Kier alpha value is -2.04. The molecular weight excluding hydrogens is 282 g/mol. The van der Waals surface area contributed by atoms with E-state index in [1.165, 1.54) is 0 Å². The molecule has 1 amide bonds. The van der Waals surface area contributed by atoms with E-state index in [4.69, 9.17) is 9.84 Å². The summed E-state index contributed by atoms with van der Waals surface area (Å²) in [6, 6.07) is 7.54. The lowest BCUT2D eigenvalue weighted by molar-refractivity contribution is -0.137. The summed E-state index contributed by atoms with van der Waals surface area (Å²) < 4.78 is 5.69. The van der Waals surface area contributed by atoms with Gasteiger partial charge in [-0.3, -0.25) is 9.59 Å². The van der Waals surface area contributed by atoms with Gasteiger partial charge in [0.1, 0.15) is 5.75 Å². The average Bonchev–Trinajstić information content (AvgIpc) is 2.44. The number of nitrogens with one attached hydrogen (secondary N) is 1. The van der Waals surface area contributed by atoms with Crippen LogP contribution in [-0.2, 0) is 16.0 Å². The van der Waals surface area contributed by atoms with Crippen molar-refractivity contribution in [3.05, 3.63) is 29.8 Å². The number of ether oxygens (including phenoxy) is 1. The fourth-order valence-electron chi connectivity index (χ4n) is 2.06. The number of hydrogen-bond acceptors (Lipinski definition) is 3. The van der Waals surface area contributed by atoms with Crippen molar-refractivity contribution in [3.8, 4) is 5.75 Å². The molecule has 1 aromatic carbocycles. The molecule has 22 heavy (non-hydrogen) atoms. The summed E-state index contributed by atoms with van der Waals surface area (Å²) in [6.45, 7) is 4.48. The molecule has 0 fully saturated rings. The molecule has 1 aromatic rings. The number of carbonyl (C=O) groups is 2. The summed E-state index contributed by atoms with van der Waals surface area (Å²) in [5, 5.41) is 11.4. The molecule has 0 saturated carbocycles. The Morgan fingerprint density at radius 3 is 2.59 bits per heavy atom. The fourth-order valence-corrected chi connectivity index (χ4v) is 2.06. The van der Waals surface area contributed by atoms with Gasteiger partial charge in [-0.05, 0) is 32.8 Å². The number of carboxylic acid groups (broad SMARTS) is 1. The predicted octanol–water partition coefficient (Wildman–Crippen LogP) is 2.78. The summed E-state index contributed by atoms with van der Waals surface area (Å²) in [6.07, 6.45) is 2.80. The van der Waals surface area contributed by atoms with Gasteiger partial charge in [0.15, 0.2) is 0 Å². The van der Waals surface area contributed by atoms with Crippen molar-refractivity contribution in [2.45, 2.75) is 52.1 Å². The maximum atomic E-state index is 11.9. The zero-order valence-corrected chi connectivity index (χ0v) is 13.3. The first-order valence-corrected chi connectivity index (χ1v) is 7.72. The maximum absolute atomic E-state index is 11.9. The molecular formula is C17H25NO4. The van der Waals surface area contributed by atoms with Crippen LogP contribution < -0.4 is 10.1 Å². The van der Waals surface area contributed by atoms with Crippen molar-refractivity contribution >= 4 is 11.9 Å². The van der Waals surface area contributed by atoms with Crippen molar-refractivity contribution in [2.24, 2.45) is 0 Å². The molecule has 0 atom stereocenters. The Labute approximate surface area is 131 Å². The number of aliphatic carboxylic acids is 1. The third kappa shape index (κ3) is 7.67. The van der Waals surface area contributed by atoms with E-state index in [1.54, 1.807) is 0 Å². The largest absolute Gasteiger partial charge is 0.491 e. The number of unbranched alkanes of at least 4 members (excludes halogenated alkanes) is 2. The fraction of sp³-hybridized carbons (Fsp3) is 0.529. The summed E-state index contributed by atoms with van der Waals surface area (Å²) in [7, 11) is 0. The van der Waals surface area contributed by atoms with Crippen LogP contribution >= 0.6 is 0 Å². The van der Waals surface area contributed by atoms with E-state index in [9.17, 15) is 9.59 Å². The van der Waals surface area contributed by atoms with Crippen LogP contribution in [0.2, 0.25) is 0 Å². The predicted molar refractivity (Wildman–Crippen MR) is 85.0 cm³/mol. The van der Waals surface area contributed by atoms with Gasteiger partial charge in [-0.15, -0.1) is 0 Å². The highest BCUT2D eigenvalue weighted by molar-refractivity contribution is 5.79. The van der Waals surface area contributed by atoms with E-state index in [1.807, 2.05) is 38.1 Å². The number of amides is 1. The van der Waals surface area contributed by atoms with Gasteiger partial charge in [-0.2, -0.15) is 0 Å². The molecule has 0 aliphatic heterocycles. The lowest BCUT2D eigenvalue weighted by Gasteiger charge is -2.14. The number of para-hydroxylation sites is 1. The molecule has 0 radical (unpaired) electrons. The first kappa shape index (κ1) is 18.0. The van der Waals surface area contributed by atoms with Crippen LogP contribution in [0.4, 0.5) is 0 Å². The summed E-state index contributed by atoms with van der Waals surface area (Å²) in [5.41, 5.74) is 0.875. The van der Waals surface area contributed by atoms with Crippen LogP contribution in [0.5, 0.6) is 5.75 Å². The minimum absolute atomic E-state index is 0.0435. The van der Waals surface area contributed by atoms with Gasteiger partial charge >= 0.3 is 5.97 Å². The van der Waals surface area contributed by atoms with E-state index < -0.39 is 5.97 Å². The van der Waals surface area contributed by atoms with Gasteiger partial charge in [-0.25, -0.2) is 0 Å². The number of hydrogen-bond donors (Lipinski definition) is 2. The minimum atomic E-state index is -0.772. The Morgan fingerprint density at radius 1 is 1.18 bits per heavy atom. The van der Waals surface area contributed by atoms with Gasteiger partial charge in [0.2, 0.25) is 5.91 Å². The van der Waals surface area contributed by atoms with E-state index in [2.05, 4.69) is 5.32 Å². The van der Waals surface area contributed by atoms with Gasteiger partial charge < -0.3 is 15.2 Å². The zero-order valence-electron chi connectivity index (χ0n) is 13.3. The molecule has 0 aromatic heterocycles. The molecule has 0 bridgehead atoms. The second kappa shape index (κ2) is 9.82. The standard InChI is InChI=1S/C17H25NO4/c1-13(2)22-15-9-6-5-8-14(15)12-16(19)18-11-7-3-4-10-17(20)21/h5-6,8-9,13H,3-4,7,10-12H2,1-2H3,(H,18,19)(H,20,21). The number of carbonyl (C=O) groups excluding carboxylic acids is 1. The van der Waals surface area contributed by atoms with Gasteiger partial charge in [0.25, 0.3) is 0 Å². The molecule has 5 nitrogen and oxygen atoms in total. The van der Waals surface area contributed by atoms with E-state index in [-0.39, 0.29) is 24.9 Å². The van der Waals surface area contributed by atoms with E-state index >= 15 is 0 Å². The number of carboxylic acids is 1. The second-order valence-electron chi connectivity index (χ2n) is 5.51. The molecule has 2 N–H and O–H groups in total. The molecule has 0 aliphatic carbocycles. The Kier molecular flexibility index (Phi) is 8.04. The summed E-state index contributed by atoms with van der Waals surface area (Å²) in [4.78, 5) is 22.3. The molecule has 0 saturated heterocycles. The highest BCUT2D eigenvalue weighted by atomic mass is 16.5. The Morgan fingerprint density at radius 2 is 1.91 bits per heavy atom. The van der Waals surface area contributed by atoms with Crippen LogP contribution in [0.3, 0.4) is 0 Å². The zero-order chi connectivity index (χ0) is 16.4. The first-order chi connectivity index (χ1) is 10.5. The molecule has 0 heterocycles. The van der Waals surface area contributed by atoms with Crippen molar-refractivity contribution in [1.29, 1.82) is 0 Å². The molecule has 0 aliphatic rings. The average molecular weight is 307 g/mol. The molecule has 1 rings (SSSR count). The van der Waals surface area contributed by atoms with Crippen molar-refractivity contribution < 1.29 is 19.4 Å². The summed E-state index contributed by atoms with van der Waals surface area (Å²) in [5.74, 6) is -0.0713. The van der Waals surface area contributed by atoms with Crippen LogP contribution in [0, 0.1) is 0 Å². The molecule has 122 valence electrons. The third-order valence-corrected chi connectivity index (χ3v) is 3.08. The normalized spacial score (nSPS) is 10.5. The topological polar surface area (TPSA) is 75.6 Å². The third-order valence-electron chi connectivity index (χ3n) is 3.08. The van der Waals surface area contributed by atoms with E-state index in [0.29, 0.717) is 13.0 Å². The minimum Gasteiger partial charge on any atom is -0.491 e. The van der Waals surface area contributed by atoms with Gasteiger partial charge in [-0.1, -0.05) is 24.6 Å². The first-order valence-electron chi connectivity index (χ1n) is 7.72. The molecule has 5 heteroatoms. The smallest absolute Gasteiger partial charge is 0.303 e. The van der Waals surface area contributed by atoms with Crippen LogP contribution in [0.25, 0.3) is 0 Å². The number of rotatable bonds is 10. The van der Waals surface area contributed by atoms with Gasteiger partial charge in [0, 0.05) is 18.5 Å².